The van der Waals surface area contributed by atoms with Gasteiger partial charge in [-0.25, -0.2) is 0 Å². The number of carbonyl (C=O) groups is 1. The van der Waals surface area contributed by atoms with Gasteiger partial charge in [0.2, 0.25) is 0 Å². The van der Waals surface area contributed by atoms with Crippen molar-refractivity contribution in [3.8, 4) is 0 Å². The molecule has 1 unspecified atom stereocenters. The number of carbonyl (C=O) groups excluding carboxylic acids is 1. The molecule has 0 aromatic rings. The standard InChI is InChI=1S/C21H32O3/c1-13(22)24-15-8-10-20(2)14(12-15)4-5-16-17-6-7-19(23)21(17,3)11-9-18(16)20/h4,15-19,23H,5-12H2,1-3H3/t15-,16-,17-,18-,19?,20-,21-/m0/s1. The van der Waals surface area contributed by atoms with Crippen LogP contribution in [-0.2, 0) is 9.53 Å². The minimum Gasteiger partial charge on any atom is -0.462 e. The maximum Gasteiger partial charge on any atom is 0.302 e. The minimum absolute atomic E-state index is 0.0838. The predicted molar refractivity (Wildman–Crippen MR) is 93.3 cm³/mol. The van der Waals surface area contributed by atoms with E-state index in [0.717, 1.165) is 43.9 Å². The molecule has 4 aliphatic carbocycles. The van der Waals surface area contributed by atoms with E-state index >= 15 is 0 Å². The summed E-state index contributed by atoms with van der Waals surface area (Å²) in [5, 5.41) is 10.5. The molecule has 3 heteroatoms. The van der Waals surface area contributed by atoms with Crippen molar-refractivity contribution >= 4 is 5.97 Å². The quantitative estimate of drug-likeness (QED) is 0.577. The fourth-order valence-corrected chi connectivity index (χ4v) is 6.94. The van der Waals surface area contributed by atoms with Gasteiger partial charge in [0.15, 0.2) is 0 Å². The maximum absolute atomic E-state index is 11.3. The average Bonchev–Trinajstić information content (AvgIpc) is 2.83. The van der Waals surface area contributed by atoms with Gasteiger partial charge in [-0.15, -0.1) is 0 Å². The van der Waals surface area contributed by atoms with Crippen molar-refractivity contribution in [1.29, 1.82) is 0 Å². The van der Waals surface area contributed by atoms with E-state index in [2.05, 4.69) is 19.9 Å². The first kappa shape index (κ1) is 16.6. The van der Waals surface area contributed by atoms with Crippen LogP contribution < -0.4 is 0 Å². The van der Waals surface area contributed by atoms with Crippen LogP contribution >= 0.6 is 0 Å². The van der Waals surface area contributed by atoms with Gasteiger partial charge in [0.25, 0.3) is 0 Å². The lowest BCUT2D eigenvalue weighted by atomic mass is 9.48. The number of esters is 1. The normalized spacial score (nSPS) is 50.3. The third kappa shape index (κ3) is 2.30. The zero-order valence-corrected chi connectivity index (χ0v) is 15.4. The highest BCUT2D eigenvalue weighted by molar-refractivity contribution is 5.66. The van der Waals surface area contributed by atoms with Gasteiger partial charge in [0.1, 0.15) is 6.10 Å². The zero-order valence-electron chi connectivity index (χ0n) is 15.4. The van der Waals surface area contributed by atoms with E-state index in [9.17, 15) is 9.90 Å². The van der Waals surface area contributed by atoms with E-state index in [-0.39, 0.29) is 29.0 Å². The molecule has 0 radical (unpaired) electrons. The summed E-state index contributed by atoms with van der Waals surface area (Å²) in [7, 11) is 0. The third-order valence-electron chi connectivity index (χ3n) is 8.34. The molecular formula is C21H32O3. The highest BCUT2D eigenvalue weighted by atomic mass is 16.5. The monoisotopic (exact) mass is 332 g/mol. The predicted octanol–water partition coefficient (Wildman–Crippen LogP) is 4.24. The summed E-state index contributed by atoms with van der Waals surface area (Å²) in [6.45, 7) is 6.32. The van der Waals surface area contributed by atoms with Crippen LogP contribution in [0.4, 0.5) is 0 Å². The summed E-state index contributed by atoms with van der Waals surface area (Å²) in [5.41, 5.74) is 1.98. The Bertz CT molecular complexity index is 567. The average molecular weight is 332 g/mol. The molecule has 0 heterocycles. The SMILES string of the molecule is CC(=O)O[C@H]1CC[C@@]2(C)C(=CC[C@@H]3[C@@H]2CC[C@]2(C)C(O)CC[C@@H]32)C1. The first-order valence-corrected chi connectivity index (χ1v) is 9.89. The maximum atomic E-state index is 11.3. The second kappa shape index (κ2) is 5.59. The van der Waals surface area contributed by atoms with Gasteiger partial charge in [-0.05, 0) is 73.5 Å². The molecule has 3 nitrogen and oxygen atoms in total. The molecule has 3 saturated carbocycles. The number of ether oxygens (including phenoxy) is 1. The van der Waals surface area contributed by atoms with Crippen molar-refractivity contribution in [3.05, 3.63) is 11.6 Å². The van der Waals surface area contributed by atoms with E-state index in [1.807, 2.05) is 0 Å². The second-order valence-corrected chi connectivity index (χ2v) is 9.37. The second-order valence-electron chi connectivity index (χ2n) is 9.37. The molecule has 0 amide bonds. The van der Waals surface area contributed by atoms with Crippen LogP contribution in [-0.4, -0.2) is 23.3 Å². The molecule has 0 saturated heterocycles. The lowest BCUT2D eigenvalue weighted by Crippen LogP contribution is -2.51. The molecule has 0 bridgehead atoms. The third-order valence-corrected chi connectivity index (χ3v) is 8.34. The van der Waals surface area contributed by atoms with E-state index in [4.69, 9.17) is 4.74 Å². The molecule has 7 atom stereocenters. The molecule has 24 heavy (non-hydrogen) atoms. The molecular weight excluding hydrogens is 300 g/mol. The van der Waals surface area contributed by atoms with Crippen LogP contribution in [0, 0.1) is 28.6 Å². The van der Waals surface area contributed by atoms with Gasteiger partial charge in [-0.1, -0.05) is 25.5 Å². The smallest absolute Gasteiger partial charge is 0.302 e. The lowest BCUT2D eigenvalue weighted by Gasteiger charge is -2.57. The van der Waals surface area contributed by atoms with Gasteiger partial charge < -0.3 is 9.84 Å². The molecule has 0 aromatic heterocycles. The Kier molecular flexibility index (Phi) is 3.87. The number of rotatable bonds is 1. The van der Waals surface area contributed by atoms with E-state index < -0.39 is 0 Å². The molecule has 134 valence electrons. The van der Waals surface area contributed by atoms with Crippen molar-refractivity contribution in [2.75, 3.05) is 0 Å². The van der Waals surface area contributed by atoms with E-state index in [0.29, 0.717) is 5.92 Å². The van der Waals surface area contributed by atoms with Crippen molar-refractivity contribution in [1.82, 2.24) is 0 Å². The highest BCUT2D eigenvalue weighted by Crippen LogP contribution is 2.64. The van der Waals surface area contributed by atoms with Gasteiger partial charge in [0.05, 0.1) is 6.10 Å². The molecule has 4 aliphatic rings. The van der Waals surface area contributed by atoms with Gasteiger partial charge in [0, 0.05) is 13.3 Å². The van der Waals surface area contributed by atoms with Crippen molar-refractivity contribution in [2.45, 2.75) is 84.3 Å². The van der Waals surface area contributed by atoms with Crippen LogP contribution in [0.15, 0.2) is 11.6 Å². The van der Waals surface area contributed by atoms with Crippen LogP contribution in [0.5, 0.6) is 0 Å². The summed E-state index contributed by atoms with van der Waals surface area (Å²) in [6.07, 6.45) is 11.3. The van der Waals surface area contributed by atoms with Crippen LogP contribution in [0.1, 0.15) is 72.1 Å². The summed E-state index contributed by atoms with van der Waals surface area (Å²) in [4.78, 5) is 11.3. The Labute approximate surface area is 145 Å². The lowest BCUT2D eigenvalue weighted by molar-refractivity contribution is -0.148. The number of aliphatic hydroxyl groups is 1. The Morgan fingerprint density at radius 1 is 1.17 bits per heavy atom. The molecule has 0 spiro atoms. The van der Waals surface area contributed by atoms with Crippen molar-refractivity contribution in [3.63, 3.8) is 0 Å². The summed E-state index contributed by atoms with van der Waals surface area (Å²) in [6, 6.07) is 0. The fraction of sp³-hybridized carbons (Fsp3) is 0.857. The molecule has 0 aromatic carbocycles. The van der Waals surface area contributed by atoms with Crippen LogP contribution in [0.3, 0.4) is 0 Å². The molecule has 0 aliphatic heterocycles. The molecule has 4 rings (SSSR count). The number of hydrogen-bond donors (Lipinski definition) is 1. The number of fused-ring (bicyclic) bond motifs is 5. The Balaban J connectivity index is 1.59. The van der Waals surface area contributed by atoms with Crippen molar-refractivity contribution < 1.29 is 14.6 Å². The summed E-state index contributed by atoms with van der Waals surface area (Å²) < 4.78 is 5.51. The first-order chi connectivity index (χ1) is 11.3. The Hall–Kier alpha value is -0.830. The molecule has 1 N–H and O–H groups in total. The van der Waals surface area contributed by atoms with Crippen LogP contribution in [0.25, 0.3) is 0 Å². The van der Waals surface area contributed by atoms with Gasteiger partial charge in [-0.3, -0.25) is 4.79 Å². The van der Waals surface area contributed by atoms with E-state index in [1.165, 1.54) is 26.2 Å². The van der Waals surface area contributed by atoms with Crippen LogP contribution in [0.2, 0.25) is 0 Å². The summed E-state index contributed by atoms with van der Waals surface area (Å²) in [5.74, 6) is 2.03. The van der Waals surface area contributed by atoms with E-state index in [1.54, 1.807) is 5.57 Å². The van der Waals surface area contributed by atoms with Crippen molar-refractivity contribution in [2.24, 2.45) is 28.6 Å². The van der Waals surface area contributed by atoms with Gasteiger partial charge in [-0.2, -0.15) is 0 Å². The highest BCUT2D eigenvalue weighted by Gasteiger charge is 2.58. The number of allylic oxidation sites excluding steroid dienone is 1. The Morgan fingerprint density at radius 2 is 1.96 bits per heavy atom. The number of aliphatic hydroxyl groups excluding tert-OH is 1. The topological polar surface area (TPSA) is 46.5 Å². The van der Waals surface area contributed by atoms with Gasteiger partial charge >= 0.3 is 5.97 Å². The summed E-state index contributed by atoms with van der Waals surface area (Å²) >= 11 is 0. The number of hydrogen-bond acceptors (Lipinski definition) is 3. The largest absolute Gasteiger partial charge is 0.462 e. The molecule has 3 fully saturated rings. The fourth-order valence-electron chi connectivity index (χ4n) is 6.94. The first-order valence-electron chi connectivity index (χ1n) is 9.89. The zero-order chi connectivity index (χ0) is 17.1. The minimum atomic E-state index is -0.147. The Morgan fingerprint density at radius 3 is 2.71 bits per heavy atom.